The molecule has 2 aromatic carbocycles. The third kappa shape index (κ3) is 4.32. The lowest BCUT2D eigenvalue weighted by Crippen LogP contribution is -2.27. The van der Waals surface area contributed by atoms with E-state index in [9.17, 15) is 9.59 Å². The summed E-state index contributed by atoms with van der Waals surface area (Å²) >= 11 is 0. The van der Waals surface area contributed by atoms with Crippen molar-refractivity contribution in [3.05, 3.63) is 82.0 Å². The standard InChI is InChI=1S/C25H27N5O2/c1-4-5-8-19-10-12-20(13-11-19)28-23(31)15-29-16-26-24-21(25(29)32)14-27-30(24)22-9-6-7-17(2)18(22)3/h6-7,9-14,16H,4-5,8,15H2,1-3H3,(H,28,31). The summed E-state index contributed by atoms with van der Waals surface area (Å²) in [5.41, 5.74) is 5.22. The first-order valence-electron chi connectivity index (χ1n) is 10.9. The van der Waals surface area contributed by atoms with E-state index in [0.717, 1.165) is 36.1 Å². The molecule has 0 atom stereocenters. The Balaban J connectivity index is 1.53. The molecular formula is C25H27N5O2. The minimum absolute atomic E-state index is 0.117. The zero-order chi connectivity index (χ0) is 22.7. The molecule has 7 nitrogen and oxygen atoms in total. The fourth-order valence-electron chi connectivity index (χ4n) is 3.69. The second-order valence-electron chi connectivity index (χ2n) is 8.04. The summed E-state index contributed by atoms with van der Waals surface area (Å²) in [6.45, 7) is 6.09. The minimum Gasteiger partial charge on any atom is -0.325 e. The molecule has 0 aliphatic carbocycles. The number of aryl methyl sites for hydroxylation is 2. The lowest BCUT2D eigenvalue weighted by molar-refractivity contribution is -0.116. The largest absolute Gasteiger partial charge is 0.325 e. The summed E-state index contributed by atoms with van der Waals surface area (Å²) < 4.78 is 2.98. The summed E-state index contributed by atoms with van der Waals surface area (Å²) in [6.07, 6.45) is 6.23. The van der Waals surface area contributed by atoms with Crippen molar-refractivity contribution < 1.29 is 4.79 Å². The first-order chi connectivity index (χ1) is 15.5. The van der Waals surface area contributed by atoms with E-state index in [1.165, 1.54) is 22.7 Å². The highest BCUT2D eigenvalue weighted by atomic mass is 16.2. The molecule has 0 radical (unpaired) electrons. The van der Waals surface area contributed by atoms with E-state index in [4.69, 9.17) is 0 Å². The molecule has 2 heterocycles. The van der Waals surface area contributed by atoms with E-state index in [2.05, 4.69) is 22.3 Å². The first kappa shape index (κ1) is 21.5. The van der Waals surface area contributed by atoms with Crippen LogP contribution in [-0.4, -0.2) is 25.2 Å². The second kappa shape index (κ2) is 9.18. The Bertz CT molecular complexity index is 1320. The van der Waals surface area contributed by atoms with Gasteiger partial charge >= 0.3 is 0 Å². The van der Waals surface area contributed by atoms with Gasteiger partial charge in [0.2, 0.25) is 5.91 Å². The van der Waals surface area contributed by atoms with Crippen molar-refractivity contribution in [3.63, 3.8) is 0 Å². The molecule has 0 bridgehead atoms. The van der Waals surface area contributed by atoms with E-state index in [1.54, 1.807) is 4.68 Å². The summed E-state index contributed by atoms with van der Waals surface area (Å²) in [4.78, 5) is 29.9. The zero-order valence-electron chi connectivity index (χ0n) is 18.6. The molecule has 0 unspecified atom stereocenters. The number of rotatable bonds is 7. The van der Waals surface area contributed by atoms with E-state index in [-0.39, 0.29) is 18.0 Å². The van der Waals surface area contributed by atoms with Crippen LogP contribution in [0.25, 0.3) is 16.7 Å². The average molecular weight is 430 g/mol. The van der Waals surface area contributed by atoms with Crippen LogP contribution >= 0.6 is 0 Å². The lowest BCUT2D eigenvalue weighted by Gasteiger charge is -2.10. The molecule has 1 N–H and O–H groups in total. The number of fused-ring (bicyclic) bond motifs is 1. The first-order valence-corrected chi connectivity index (χ1v) is 10.9. The molecule has 7 heteroatoms. The SMILES string of the molecule is CCCCc1ccc(NC(=O)Cn2cnc3c(cnn3-c3cccc(C)c3C)c2=O)cc1. The number of nitrogens with zero attached hydrogens (tertiary/aromatic N) is 4. The van der Waals surface area contributed by atoms with Crippen molar-refractivity contribution in [2.75, 3.05) is 5.32 Å². The molecule has 0 aliphatic rings. The second-order valence-corrected chi connectivity index (χ2v) is 8.04. The van der Waals surface area contributed by atoms with Gasteiger partial charge in [-0.15, -0.1) is 0 Å². The van der Waals surface area contributed by atoms with Gasteiger partial charge in [0.15, 0.2) is 5.65 Å². The molecular weight excluding hydrogens is 402 g/mol. The Morgan fingerprint density at radius 3 is 2.62 bits per heavy atom. The van der Waals surface area contributed by atoms with Gasteiger partial charge in [0.05, 0.1) is 11.9 Å². The smallest absolute Gasteiger partial charge is 0.264 e. The maximum absolute atomic E-state index is 12.9. The Morgan fingerprint density at radius 1 is 1.09 bits per heavy atom. The molecule has 0 fully saturated rings. The normalized spacial score (nSPS) is 11.1. The Labute approximate surface area is 186 Å². The van der Waals surface area contributed by atoms with Gasteiger partial charge in [-0.25, -0.2) is 9.67 Å². The monoisotopic (exact) mass is 429 g/mol. The van der Waals surface area contributed by atoms with Crippen LogP contribution in [0, 0.1) is 13.8 Å². The van der Waals surface area contributed by atoms with Crippen molar-refractivity contribution in [1.29, 1.82) is 0 Å². The molecule has 164 valence electrons. The van der Waals surface area contributed by atoms with Gasteiger partial charge in [-0.05, 0) is 61.6 Å². The molecule has 2 aromatic heterocycles. The van der Waals surface area contributed by atoms with Crippen molar-refractivity contribution in [2.45, 2.75) is 46.6 Å². The van der Waals surface area contributed by atoms with Gasteiger partial charge in [-0.2, -0.15) is 5.10 Å². The van der Waals surface area contributed by atoms with Crippen LogP contribution in [0.1, 0.15) is 36.5 Å². The summed E-state index contributed by atoms with van der Waals surface area (Å²) in [5, 5.41) is 7.61. The molecule has 1 amide bonds. The number of aromatic nitrogens is 4. The number of unbranched alkanes of at least 4 members (excludes halogenated alkanes) is 1. The molecule has 0 spiro atoms. The Kier molecular flexibility index (Phi) is 6.16. The Morgan fingerprint density at radius 2 is 1.88 bits per heavy atom. The highest BCUT2D eigenvalue weighted by Crippen LogP contribution is 2.20. The third-order valence-corrected chi connectivity index (χ3v) is 5.73. The van der Waals surface area contributed by atoms with Gasteiger partial charge in [-0.1, -0.05) is 37.6 Å². The number of nitrogens with one attached hydrogen (secondary N) is 1. The molecule has 4 aromatic rings. The van der Waals surface area contributed by atoms with Crippen molar-refractivity contribution >= 4 is 22.6 Å². The highest BCUT2D eigenvalue weighted by molar-refractivity contribution is 5.90. The van der Waals surface area contributed by atoms with Gasteiger partial charge in [0, 0.05) is 5.69 Å². The van der Waals surface area contributed by atoms with Crippen LogP contribution in [0.3, 0.4) is 0 Å². The quantitative estimate of drug-likeness (QED) is 0.478. The molecule has 0 aliphatic heterocycles. The fraction of sp³-hybridized carbons (Fsp3) is 0.280. The number of benzene rings is 2. The van der Waals surface area contributed by atoms with Crippen LogP contribution in [0.5, 0.6) is 0 Å². The third-order valence-electron chi connectivity index (χ3n) is 5.73. The van der Waals surface area contributed by atoms with Crippen LogP contribution in [0.2, 0.25) is 0 Å². The molecule has 0 saturated heterocycles. The number of carbonyl (C=O) groups is 1. The van der Waals surface area contributed by atoms with Crippen molar-refractivity contribution in [3.8, 4) is 5.69 Å². The van der Waals surface area contributed by atoms with E-state index < -0.39 is 0 Å². The number of hydrogen-bond acceptors (Lipinski definition) is 4. The number of carbonyl (C=O) groups excluding carboxylic acids is 1. The predicted molar refractivity (Wildman–Crippen MR) is 126 cm³/mol. The molecule has 32 heavy (non-hydrogen) atoms. The lowest BCUT2D eigenvalue weighted by atomic mass is 10.1. The number of anilines is 1. The Hall–Kier alpha value is -3.74. The average Bonchev–Trinajstić information content (AvgIpc) is 3.22. The van der Waals surface area contributed by atoms with Crippen molar-refractivity contribution in [2.24, 2.45) is 0 Å². The molecule has 0 saturated carbocycles. The highest BCUT2D eigenvalue weighted by Gasteiger charge is 2.15. The van der Waals surface area contributed by atoms with E-state index in [0.29, 0.717) is 16.7 Å². The van der Waals surface area contributed by atoms with Gasteiger partial charge in [0.25, 0.3) is 5.56 Å². The van der Waals surface area contributed by atoms with Gasteiger partial charge in [0.1, 0.15) is 18.3 Å². The summed E-state index contributed by atoms with van der Waals surface area (Å²) in [5.74, 6) is -0.281. The van der Waals surface area contributed by atoms with Crippen LogP contribution < -0.4 is 10.9 Å². The minimum atomic E-state index is -0.295. The summed E-state index contributed by atoms with van der Waals surface area (Å²) in [7, 11) is 0. The van der Waals surface area contributed by atoms with E-state index in [1.807, 2.05) is 56.3 Å². The van der Waals surface area contributed by atoms with Crippen molar-refractivity contribution in [1.82, 2.24) is 19.3 Å². The predicted octanol–water partition coefficient (Wildman–Crippen LogP) is 4.18. The summed E-state index contributed by atoms with van der Waals surface area (Å²) in [6, 6.07) is 13.8. The topological polar surface area (TPSA) is 81.8 Å². The van der Waals surface area contributed by atoms with E-state index >= 15 is 0 Å². The molecule has 4 rings (SSSR count). The fourth-order valence-corrected chi connectivity index (χ4v) is 3.69. The zero-order valence-corrected chi connectivity index (χ0v) is 18.6. The number of hydrogen-bond donors (Lipinski definition) is 1. The number of amides is 1. The van der Waals surface area contributed by atoms with Gasteiger partial charge < -0.3 is 5.32 Å². The van der Waals surface area contributed by atoms with Crippen LogP contribution in [0.15, 0.2) is 59.8 Å². The van der Waals surface area contributed by atoms with Crippen LogP contribution in [0.4, 0.5) is 5.69 Å². The maximum Gasteiger partial charge on any atom is 0.264 e. The maximum atomic E-state index is 12.9. The van der Waals surface area contributed by atoms with Crippen LogP contribution in [-0.2, 0) is 17.8 Å². The van der Waals surface area contributed by atoms with Gasteiger partial charge in [-0.3, -0.25) is 14.2 Å².